The number of hydrogen-bond donors (Lipinski definition) is 0. The Kier molecular flexibility index (Phi) is 2.32. The number of para-hydroxylation sites is 1. The summed E-state index contributed by atoms with van der Waals surface area (Å²) in [6.45, 7) is 0. The van der Waals surface area contributed by atoms with Crippen LogP contribution in [0.5, 0.6) is 0 Å². The zero-order valence-corrected chi connectivity index (χ0v) is 11.5. The van der Waals surface area contributed by atoms with E-state index in [0.29, 0.717) is 5.89 Å². The zero-order chi connectivity index (χ0) is 12.8. The van der Waals surface area contributed by atoms with Gasteiger partial charge in [-0.3, -0.25) is 0 Å². The molecule has 0 fully saturated rings. The summed E-state index contributed by atoms with van der Waals surface area (Å²) in [4.78, 5) is 9.09. The van der Waals surface area contributed by atoms with E-state index in [1.807, 2.05) is 36.4 Å². The third-order valence-corrected chi connectivity index (χ3v) is 3.70. The minimum Gasteiger partial charge on any atom is -0.435 e. The van der Waals surface area contributed by atoms with Crippen molar-refractivity contribution in [3.63, 3.8) is 0 Å². The van der Waals surface area contributed by atoms with Gasteiger partial charge in [0.15, 0.2) is 5.58 Å². The van der Waals surface area contributed by atoms with Gasteiger partial charge in [0.25, 0.3) is 0 Å². The highest BCUT2D eigenvalue weighted by Gasteiger charge is 2.20. The topological polar surface area (TPSA) is 38.4 Å². The third-order valence-electron chi connectivity index (χ3n) is 3.20. The second-order valence-electron chi connectivity index (χ2n) is 4.50. The maximum absolute atomic E-state index is 5.79. The quantitative estimate of drug-likeness (QED) is 0.673. The minimum absolute atomic E-state index is 0.615. The monoisotopic (exact) mass is 312 g/mol. The van der Waals surface area contributed by atoms with Gasteiger partial charge >= 0.3 is 0 Å². The Morgan fingerprint density at radius 3 is 2.89 bits per heavy atom. The summed E-state index contributed by atoms with van der Waals surface area (Å²) in [5.41, 5.74) is 4.77. The van der Waals surface area contributed by atoms with Crippen molar-refractivity contribution < 1.29 is 4.42 Å². The van der Waals surface area contributed by atoms with Gasteiger partial charge in [0.05, 0.1) is 5.69 Å². The van der Waals surface area contributed by atoms with Crippen LogP contribution in [0.15, 0.2) is 56.3 Å². The molecule has 0 N–H and O–H groups in total. The Morgan fingerprint density at radius 1 is 1.11 bits per heavy atom. The largest absolute Gasteiger partial charge is 0.435 e. The van der Waals surface area contributed by atoms with Crippen LogP contribution < -0.4 is 0 Å². The standard InChI is InChI=1S/C15H9BrN2O/c16-10-5-6-12-14(8-10)19-15(18-12)13-7-9-3-1-2-4-11(9)17-13/h1-6,8H,7H2. The van der Waals surface area contributed by atoms with Crippen LogP contribution in [0.2, 0.25) is 0 Å². The predicted octanol–water partition coefficient (Wildman–Crippen LogP) is 4.27. The lowest BCUT2D eigenvalue weighted by atomic mass is 10.1. The molecule has 92 valence electrons. The van der Waals surface area contributed by atoms with Gasteiger partial charge in [0, 0.05) is 10.9 Å². The maximum Gasteiger partial charge on any atom is 0.242 e. The van der Waals surface area contributed by atoms with Crippen molar-refractivity contribution in [2.24, 2.45) is 4.99 Å². The van der Waals surface area contributed by atoms with Crippen molar-refractivity contribution in [3.8, 4) is 0 Å². The van der Waals surface area contributed by atoms with E-state index in [9.17, 15) is 0 Å². The van der Waals surface area contributed by atoms with E-state index in [1.165, 1.54) is 5.56 Å². The van der Waals surface area contributed by atoms with Crippen LogP contribution in [0.4, 0.5) is 5.69 Å². The summed E-state index contributed by atoms with van der Waals surface area (Å²) in [6, 6.07) is 13.9. The predicted molar refractivity (Wildman–Crippen MR) is 78.1 cm³/mol. The SMILES string of the molecule is Brc1ccc2nc(C3=Nc4ccccc4C3)oc2c1. The number of rotatable bonds is 1. The summed E-state index contributed by atoms with van der Waals surface area (Å²) in [7, 11) is 0. The molecule has 19 heavy (non-hydrogen) atoms. The minimum atomic E-state index is 0.615. The first kappa shape index (κ1) is 10.9. The molecule has 1 aliphatic rings. The van der Waals surface area contributed by atoms with E-state index in [2.05, 4.69) is 32.0 Å². The summed E-state index contributed by atoms with van der Waals surface area (Å²) in [5.74, 6) is 0.615. The number of hydrogen-bond acceptors (Lipinski definition) is 3. The van der Waals surface area contributed by atoms with Crippen LogP contribution in [0, 0.1) is 0 Å². The Hall–Kier alpha value is -1.94. The average molecular weight is 313 g/mol. The van der Waals surface area contributed by atoms with Crippen LogP contribution in [-0.4, -0.2) is 10.7 Å². The molecule has 0 aliphatic carbocycles. The van der Waals surface area contributed by atoms with Crippen LogP contribution in [-0.2, 0) is 6.42 Å². The Bertz CT molecular complexity index is 820. The molecule has 1 aromatic heterocycles. The summed E-state index contributed by atoms with van der Waals surface area (Å²) in [6.07, 6.45) is 0.782. The van der Waals surface area contributed by atoms with Gasteiger partial charge in [-0.25, -0.2) is 9.98 Å². The molecule has 0 unspecified atom stereocenters. The Balaban J connectivity index is 1.81. The van der Waals surface area contributed by atoms with Crippen molar-refractivity contribution in [3.05, 3.63) is 58.4 Å². The van der Waals surface area contributed by atoms with Gasteiger partial charge in [-0.1, -0.05) is 34.1 Å². The summed E-state index contributed by atoms with van der Waals surface area (Å²) in [5, 5.41) is 0. The Morgan fingerprint density at radius 2 is 2.00 bits per heavy atom. The molecule has 3 nitrogen and oxygen atoms in total. The zero-order valence-electron chi connectivity index (χ0n) is 9.93. The van der Waals surface area contributed by atoms with E-state index in [-0.39, 0.29) is 0 Å². The number of aromatic nitrogens is 1. The first-order valence-corrected chi connectivity index (χ1v) is 6.81. The van der Waals surface area contributed by atoms with E-state index in [0.717, 1.165) is 33.4 Å². The normalized spacial score (nSPS) is 13.6. The molecule has 2 aromatic carbocycles. The second-order valence-corrected chi connectivity index (χ2v) is 5.41. The summed E-state index contributed by atoms with van der Waals surface area (Å²) >= 11 is 3.43. The van der Waals surface area contributed by atoms with Gasteiger partial charge in [-0.2, -0.15) is 0 Å². The van der Waals surface area contributed by atoms with Crippen LogP contribution in [0.25, 0.3) is 11.1 Å². The number of aliphatic imine (C=N–C) groups is 1. The van der Waals surface area contributed by atoms with Crippen molar-refractivity contribution in [2.75, 3.05) is 0 Å². The Labute approximate surface area is 118 Å². The van der Waals surface area contributed by atoms with Gasteiger partial charge < -0.3 is 4.42 Å². The van der Waals surface area contributed by atoms with E-state index in [4.69, 9.17) is 4.42 Å². The molecule has 0 radical (unpaired) electrons. The molecule has 3 aromatic rings. The van der Waals surface area contributed by atoms with Crippen LogP contribution in [0.3, 0.4) is 0 Å². The highest BCUT2D eigenvalue weighted by Crippen LogP contribution is 2.29. The van der Waals surface area contributed by atoms with Gasteiger partial charge in [-0.15, -0.1) is 0 Å². The lowest BCUT2D eigenvalue weighted by Gasteiger charge is -1.92. The van der Waals surface area contributed by atoms with Crippen LogP contribution in [0.1, 0.15) is 11.5 Å². The molecule has 0 bridgehead atoms. The molecule has 0 spiro atoms. The van der Waals surface area contributed by atoms with Crippen LogP contribution >= 0.6 is 15.9 Å². The van der Waals surface area contributed by atoms with E-state index in [1.54, 1.807) is 0 Å². The molecule has 0 atom stereocenters. The molecule has 0 saturated heterocycles. The lowest BCUT2D eigenvalue weighted by Crippen LogP contribution is -2.00. The maximum atomic E-state index is 5.79. The highest BCUT2D eigenvalue weighted by molar-refractivity contribution is 9.10. The first-order valence-electron chi connectivity index (χ1n) is 6.01. The number of benzene rings is 2. The molecule has 4 rings (SSSR count). The molecular formula is C15H9BrN2O. The van der Waals surface area contributed by atoms with Crippen molar-refractivity contribution >= 4 is 38.4 Å². The fourth-order valence-corrected chi connectivity index (χ4v) is 2.62. The van der Waals surface area contributed by atoms with E-state index < -0.39 is 0 Å². The summed E-state index contributed by atoms with van der Waals surface area (Å²) < 4.78 is 6.78. The lowest BCUT2D eigenvalue weighted by molar-refractivity contribution is 0.588. The fraction of sp³-hybridized carbons (Fsp3) is 0.0667. The van der Waals surface area contributed by atoms with Gasteiger partial charge in [0.2, 0.25) is 5.89 Å². The third kappa shape index (κ3) is 1.79. The number of oxazole rings is 1. The fourth-order valence-electron chi connectivity index (χ4n) is 2.28. The van der Waals surface area contributed by atoms with E-state index >= 15 is 0 Å². The molecule has 2 heterocycles. The number of nitrogens with zero attached hydrogens (tertiary/aromatic N) is 2. The molecular weight excluding hydrogens is 304 g/mol. The van der Waals surface area contributed by atoms with Crippen molar-refractivity contribution in [1.82, 2.24) is 4.98 Å². The highest BCUT2D eigenvalue weighted by atomic mass is 79.9. The molecule has 4 heteroatoms. The second kappa shape index (κ2) is 4.03. The first-order chi connectivity index (χ1) is 9.29. The van der Waals surface area contributed by atoms with Gasteiger partial charge in [-0.05, 0) is 29.8 Å². The van der Waals surface area contributed by atoms with Gasteiger partial charge in [0.1, 0.15) is 11.2 Å². The number of fused-ring (bicyclic) bond motifs is 2. The molecule has 0 saturated carbocycles. The molecule has 0 amide bonds. The number of halogens is 1. The average Bonchev–Trinajstić information content (AvgIpc) is 3.00. The van der Waals surface area contributed by atoms with Crippen molar-refractivity contribution in [1.29, 1.82) is 0 Å². The smallest absolute Gasteiger partial charge is 0.242 e. The molecule has 1 aliphatic heterocycles. The van der Waals surface area contributed by atoms with Crippen molar-refractivity contribution in [2.45, 2.75) is 6.42 Å².